The standard InChI is InChI=1S/C10H11F3N2O2/c1-15(5-10(11,12)13)8-4-6(9(16)17)2-3-7(8)14/h2-4H,5,14H2,1H3,(H,16,17). The summed E-state index contributed by atoms with van der Waals surface area (Å²) in [5.74, 6) is -1.22. The molecule has 0 atom stereocenters. The molecule has 3 N–H and O–H groups in total. The monoisotopic (exact) mass is 248 g/mol. The van der Waals surface area contributed by atoms with E-state index < -0.39 is 18.7 Å². The molecule has 0 heterocycles. The van der Waals surface area contributed by atoms with Crippen LogP contribution in [0.3, 0.4) is 0 Å². The zero-order valence-electron chi connectivity index (χ0n) is 8.95. The first-order valence-corrected chi connectivity index (χ1v) is 4.61. The van der Waals surface area contributed by atoms with E-state index in [4.69, 9.17) is 10.8 Å². The van der Waals surface area contributed by atoms with Crippen molar-refractivity contribution in [3.8, 4) is 0 Å². The molecule has 0 aliphatic heterocycles. The first-order chi connectivity index (χ1) is 7.70. The molecule has 0 spiro atoms. The molecule has 0 fully saturated rings. The smallest absolute Gasteiger partial charge is 0.405 e. The third-order valence-electron chi connectivity index (χ3n) is 2.11. The number of nitrogens with two attached hydrogens (primary N) is 1. The summed E-state index contributed by atoms with van der Waals surface area (Å²) < 4.78 is 36.6. The Morgan fingerprint density at radius 2 is 2.06 bits per heavy atom. The highest BCUT2D eigenvalue weighted by Crippen LogP contribution is 2.26. The highest BCUT2D eigenvalue weighted by atomic mass is 19.4. The molecular formula is C10H11F3N2O2. The molecule has 0 aliphatic carbocycles. The van der Waals surface area contributed by atoms with Crippen LogP contribution in [-0.2, 0) is 0 Å². The lowest BCUT2D eigenvalue weighted by Gasteiger charge is -2.22. The molecule has 1 rings (SSSR count). The zero-order chi connectivity index (χ0) is 13.2. The van der Waals surface area contributed by atoms with Gasteiger partial charge in [-0.3, -0.25) is 0 Å². The second-order valence-corrected chi connectivity index (χ2v) is 3.55. The third kappa shape index (κ3) is 3.54. The van der Waals surface area contributed by atoms with Gasteiger partial charge < -0.3 is 15.7 Å². The largest absolute Gasteiger partial charge is 0.478 e. The second kappa shape index (κ2) is 4.52. The van der Waals surface area contributed by atoms with Crippen molar-refractivity contribution < 1.29 is 23.1 Å². The number of carbonyl (C=O) groups is 1. The summed E-state index contributed by atoms with van der Waals surface area (Å²) in [6, 6.07) is 3.62. The van der Waals surface area contributed by atoms with E-state index >= 15 is 0 Å². The van der Waals surface area contributed by atoms with E-state index in [1.807, 2.05) is 0 Å². The highest BCUT2D eigenvalue weighted by Gasteiger charge is 2.30. The second-order valence-electron chi connectivity index (χ2n) is 3.55. The molecule has 0 aromatic heterocycles. The summed E-state index contributed by atoms with van der Waals surface area (Å²) >= 11 is 0. The number of alkyl halides is 3. The molecule has 1 aromatic carbocycles. The Morgan fingerprint density at radius 3 is 2.53 bits per heavy atom. The summed E-state index contributed by atoms with van der Waals surface area (Å²) in [6.45, 7) is -1.19. The minimum absolute atomic E-state index is 0.0437. The first kappa shape index (κ1) is 13.1. The van der Waals surface area contributed by atoms with Crippen LogP contribution in [-0.4, -0.2) is 30.8 Å². The Kier molecular flexibility index (Phi) is 3.50. The van der Waals surface area contributed by atoms with E-state index in [1.54, 1.807) is 0 Å². The van der Waals surface area contributed by atoms with Crippen LogP contribution in [0.25, 0.3) is 0 Å². The molecule has 0 bridgehead atoms. The van der Waals surface area contributed by atoms with Gasteiger partial charge >= 0.3 is 12.1 Å². The third-order valence-corrected chi connectivity index (χ3v) is 2.11. The van der Waals surface area contributed by atoms with Gasteiger partial charge in [0.15, 0.2) is 0 Å². The van der Waals surface area contributed by atoms with Crippen LogP contribution in [0.15, 0.2) is 18.2 Å². The molecule has 0 amide bonds. The molecule has 0 aliphatic rings. The molecule has 17 heavy (non-hydrogen) atoms. The van der Waals surface area contributed by atoms with Gasteiger partial charge in [-0.25, -0.2) is 4.79 Å². The normalized spacial score (nSPS) is 11.3. The van der Waals surface area contributed by atoms with Crippen LogP contribution in [0.4, 0.5) is 24.5 Å². The molecule has 0 saturated heterocycles. The molecule has 7 heteroatoms. The topological polar surface area (TPSA) is 66.6 Å². The zero-order valence-corrected chi connectivity index (χ0v) is 8.95. The van der Waals surface area contributed by atoms with Crippen molar-refractivity contribution in [3.63, 3.8) is 0 Å². The van der Waals surface area contributed by atoms with Crippen molar-refractivity contribution in [1.29, 1.82) is 0 Å². The first-order valence-electron chi connectivity index (χ1n) is 4.61. The number of nitrogens with zero attached hydrogens (tertiary/aromatic N) is 1. The van der Waals surface area contributed by atoms with Crippen molar-refractivity contribution in [2.45, 2.75) is 6.18 Å². The molecule has 94 valence electrons. The Bertz CT molecular complexity index is 432. The minimum Gasteiger partial charge on any atom is -0.478 e. The summed E-state index contributed by atoms with van der Waals surface area (Å²) in [6.07, 6.45) is -4.37. The number of rotatable bonds is 3. The Morgan fingerprint density at radius 1 is 1.47 bits per heavy atom. The minimum atomic E-state index is -4.37. The number of carboxylic acid groups (broad SMARTS) is 1. The average Bonchev–Trinajstić information content (AvgIpc) is 2.14. The predicted molar refractivity (Wildman–Crippen MR) is 57.1 cm³/mol. The maximum atomic E-state index is 12.2. The molecule has 1 aromatic rings. The van der Waals surface area contributed by atoms with Crippen LogP contribution >= 0.6 is 0 Å². The number of nitrogen functional groups attached to an aromatic ring is 1. The molecule has 0 unspecified atom stereocenters. The van der Waals surface area contributed by atoms with Gasteiger partial charge in [0.1, 0.15) is 6.54 Å². The van der Waals surface area contributed by atoms with Gasteiger partial charge in [0.2, 0.25) is 0 Å². The van der Waals surface area contributed by atoms with Crippen LogP contribution < -0.4 is 10.6 Å². The van der Waals surface area contributed by atoms with Crippen molar-refractivity contribution in [2.75, 3.05) is 24.2 Å². The van der Waals surface area contributed by atoms with E-state index in [0.717, 1.165) is 11.0 Å². The number of hydrogen-bond donors (Lipinski definition) is 2. The van der Waals surface area contributed by atoms with Crippen LogP contribution in [0, 0.1) is 0 Å². The molecule has 0 saturated carbocycles. The van der Waals surface area contributed by atoms with E-state index in [-0.39, 0.29) is 16.9 Å². The van der Waals surface area contributed by atoms with Crippen LogP contribution in [0.5, 0.6) is 0 Å². The Hall–Kier alpha value is -1.92. The van der Waals surface area contributed by atoms with E-state index in [9.17, 15) is 18.0 Å². The van der Waals surface area contributed by atoms with Gasteiger partial charge in [-0.1, -0.05) is 0 Å². The predicted octanol–water partition coefficient (Wildman–Crippen LogP) is 1.97. The Balaban J connectivity index is 3.04. The van der Waals surface area contributed by atoms with E-state index in [1.165, 1.54) is 19.2 Å². The number of carboxylic acids is 1. The van der Waals surface area contributed by atoms with E-state index in [0.29, 0.717) is 0 Å². The van der Waals surface area contributed by atoms with Gasteiger partial charge in [0.05, 0.1) is 16.9 Å². The molecular weight excluding hydrogens is 237 g/mol. The maximum Gasteiger partial charge on any atom is 0.405 e. The quantitative estimate of drug-likeness (QED) is 0.802. The summed E-state index contributed by atoms with van der Waals surface area (Å²) in [7, 11) is 1.20. The number of aromatic carboxylic acids is 1. The van der Waals surface area contributed by atoms with E-state index in [2.05, 4.69) is 0 Å². The van der Waals surface area contributed by atoms with Crippen molar-refractivity contribution in [2.24, 2.45) is 0 Å². The van der Waals surface area contributed by atoms with Gasteiger partial charge in [0.25, 0.3) is 0 Å². The van der Waals surface area contributed by atoms with Gasteiger partial charge in [-0.05, 0) is 18.2 Å². The number of hydrogen-bond acceptors (Lipinski definition) is 3. The number of halogens is 3. The van der Waals surface area contributed by atoms with Crippen LogP contribution in [0.2, 0.25) is 0 Å². The van der Waals surface area contributed by atoms with Gasteiger partial charge in [-0.2, -0.15) is 13.2 Å². The lowest BCUT2D eigenvalue weighted by Crippen LogP contribution is -2.31. The molecule has 0 radical (unpaired) electrons. The average molecular weight is 248 g/mol. The SMILES string of the molecule is CN(CC(F)(F)F)c1cc(C(=O)O)ccc1N. The number of benzene rings is 1. The Labute approximate surface area is 95.4 Å². The summed E-state index contributed by atoms with van der Waals surface area (Å²) in [5, 5.41) is 8.73. The highest BCUT2D eigenvalue weighted by molar-refractivity contribution is 5.90. The van der Waals surface area contributed by atoms with Gasteiger partial charge in [-0.15, -0.1) is 0 Å². The fourth-order valence-electron chi connectivity index (χ4n) is 1.36. The van der Waals surface area contributed by atoms with Crippen molar-refractivity contribution >= 4 is 17.3 Å². The maximum absolute atomic E-state index is 12.2. The van der Waals surface area contributed by atoms with Crippen molar-refractivity contribution in [3.05, 3.63) is 23.8 Å². The van der Waals surface area contributed by atoms with Gasteiger partial charge in [0, 0.05) is 7.05 Å². The van der Waals surface area contributed by atoms with Crippen molar-refractivity contribution in [1.82, 2.24) is 0 Å². The summed E-state index contributed by atoms with van der Waals surface area (Å²) in [4.78, 5) is 11.6. The molecule has 4 nitrogen and oxygen atoms in total. The summed E-state index contributed by atoms with van der Waals surface area (Å²) in [5.41, 5.74) is 5.54. The van der Waals surface area contributed by atoms with Crippen LogP contribution in [0.1, 0.15) is 10.4 Å². The lowest BCUT2D eigenvalue weighted by atomic mass is 10.1. The fourth-order valence-corrected chi connectivity index (χ4v) is 1.36. The lowest BCUT2D eigenvalue weighted by molar-refractivity contribution is -0.119. The number of anilines is 2. The fraction of sp³-hybridized carbons (Fsp3) is 0.300.